The number of alkyl halides is 1. The molecule has 0 N–H and O–H groups in total. The molecular weight excluding hydrogens is 385 g/mol. The molecule has 124 valence electrons. The molecule has 21 heavy (non-hydrogen) atoms. The van der Waals surface area contributed by atoms with Crippen molar-refractivity contribution in [2.24, 2.45) is 5.92 Å². The Bertz CT molecular complexity index is 343. The highest BCUT2D eigenvalue weighted by Crippen LogP contribution is 2.25. The standard InChI is InChI=1S/C15H28INO4/c1-10(2)13(9-19-6)20-12-8-17(7-11(12)16)14(18)21-15(3,4)5/h10-13H,7-9H2,1-6H3. The molecule has 1 aliphatic heterocycles. The molecular formula is C15H28INO4. The third-order valence-corrected chi connectivity index (χ3v) is 4.47. The Kier molecular flexibility index (Phi) is 7.19. The number of carbonyl (C=O) groups excluding carboxylic acids is 1. The monoisotopic (exact) mass is 413 g/mol. The Balaban J connectivity index is 2.57. The fourth-order valence-corrected chi connectivity index (χ4v) is 2.99. The highest BCUT2D eigenvalue weighted by atomic mass is 127. The van der Waals surface area contributed by atoms with Crippen molar-refractivity contribution >= 4 is 28.7 Å². The number of hydrogen-bond acceptors (Lipinski definition) is 4. The Hall–Kier alpha value is -0.0800. The number of rotatable bonds is 5. The molecule has 0 spiro atoms. The van der Waals surface area contributed by atoms with Crippen molar-refractivity contribution < 1.29 is 19.0 Å². The summed E-state index contributed by atoms with van der Waals surface area (Å²) in [4.78, 5) is 13.9. The number of methoxy groups -OCH3 is 1. The zero-order chi connectivity index (χ0) is 16.2. The minimum Gasteiger partial charge on any atom is -0.444 e. The topological polar surface area (TPSA) is 48.0 Å². The number of likely N-dealkylation sites (tertiary alicyclic amines) is 1. The highest BCUT2D eigenvalue weighted by Gasteiger charge is 2.38. The lowest BCUT2D eigenvalue weighted by Crippen LogP contribution is -2.37. The Morgan fingerprint density at radius 3 is 2.43 bits per heavy atom. The van der Waals surface area contributed by atoms with Crippen molar-refractivity contribution in [1.29, 1.82) is 0 Å². The van der Waals surface area contributed by atoms with Crippen molar-refractivity contribution in [3.63, 3.8) is 0 Å². The quantitative estimate of drug-likeness (QED) is 0.514. The fourth-order valence-electron chi connectivity index (χ4n) is 2.12. The predicted octanol–water partition coefficient (Wildman–Crippen LogP) is 3.10. The van der Waals surface area contributed by atoms with Crippen LogP contribution in [0.15, 0.2) is 0 Å². The molecule has 3 atom stereocenters. The van der Waals surface area contributed by atoms with Crippen LogP contribution < -0.4 is 0 Å². The predicted molar refractivity (Wildman–Crippen MR) is 91.0 cm³/mol. The zero-order valence-electron chi connectivity index (χ0n) is 13.9. The maximum atomic E-state index is 12.1. The molecule has 0 aromatic rings. The molecule has 1 aliphatic rings. The van der Waals surface area contributed by atoms with Gasteiger partial charge in [-0.15, -0.1) is 0 Å². The summed E-state index contributed by atoms with van der Waals surface area (Å²) in [5.74, 6) is 0.379. The van der Waals surface area contributed by atoms with Gasteiger partial charge in [0.05, 0.1) is 29.3 Å². The third-order valence-electron chi connectivity index (χ3n) is 3.27. The van der Waals surface area contributed by atoms with E-state index >= 15 is 0 Å². The summed E-state index contributed by atoms with van der Waals surface area (Å²) in [7, 11) is 1.68. The lowest BCUT2D eigenvalue weighted by Gasteiger charge is -2.26. The zero-order valence-corrected chi connectivity index (χ0v) is 16.0. The van der Waals surface area contributed by atoms with Gasteiger partial charge in [0.25, 0.3) is 0 Å². The number of halogens is 1. The molecule has 0 saturated carbocycles. The number of ether oxygens (including phenoxy) is 3. The van der Waals surface area contributed by atoms with Crippen LogP contribution in [0.3, 0.4) is 0 Å². The van der Waals surface area contributed by atoms with Crippen molar-refractivity contribution in [2.45, 2.75) is 56.4 Å². The molecule has 1 amide bonds. The van der Waals surface area contributed by atoms with Crippen LogP contribution in [0.2, 0.25) is 0 Å². The van der Waals surface area contributed by atoms with Gasteiger partial charge in [-0.1, -0.05) is 36.4 Å². The molecule has 1 fully saturated rings. The second kappa shape index (κ2) is 7.97. The number of amides is 1. The second-order valence-corrected chi connectivity index (χ2v) is 8.41. The summed E-state index contributed by atoms with van der Waals surface area (Å²) >= 11 is 2.35. The number of hydrogen-bond donors (Lipinski definition) is 0. The highest BCUT2D eigenvalue weighted by molar-refractivity contribution is 14.1. The average Bonchev–Trinajstić information content (AvgIpc) is 2.68. The molecule has 0 aromatic carbocycles. The van der Waals surface area contributed by atoms with Gasteiger partial charge in [-0.2, -0.15) is 0 Å². The molecule has 0 bridgehead atoms. The van der Waals surface area contributed by atoms with Gasteiger partial charge in [0, 0.05) is 13.7 Å². The normalized spacial score (nSPS) is 24.5. The summed E-state index contributed by atoms with van der Waals surface area (Å²) in [6.45, 7) is 11.7. The second-order valence-electron chi connectivity index (χ2n) is 6.81. The molecule has 1 saturated heterocycles. The van der Waals surface area contributed by atoms with Gasteiger partial charge < -0.3 is 19.1 Å². The van der Waals surface area contributed by atoms with Crippen molar-refractivity contribution in [3.8, 4) is 0 Å². The smallest absolute Gasteiger partial charge is 0.410 e. The van der Waals surface area contributed by atoms with Crippen LogP contribution in [-0.2, 0) is 14.2 Å². The summed E-state index contributed by atoms with van der Waals surface area (Å²) in [6, 6.07) is 0. The first-order valence-electron chi connectivity index (χ1n) is 7.40. The first-order chi connectivity index (χ1) is 9.64. The minimum atomic E-state index is -0.465. The van der Waals surface area contributed by atoms with E-state index in [1.165, 1.54) is 0 Å². The fraction of sp³-hybridized carbons (Fsp3) is 0.933. The van der Waals surface area contributed by atoms with Crippen molar-refractivity contribution in [2.75, 3.05) is 26.8 Å². The van der Waals surface area contributed by atoms with Crippen molar-refractivity contribution in [3.05, 3.63) is 0 Å². The molecule has 3 unspecified atom stereocenters. The number of carbonyl (C=O) groups is 1. The van der Waals surface area contributed by atoms with E-state index in [1.807, 2.05) is 20.8 Å². The summed E-state index contributed by atoms with van der Waals surface area (Å²) in [5.41, 5.74) is -0.465. The Morgan fingerprint density at radius 2 is 1.95 bits per heavy atom. The van der Waals surface area contributed by atoms with Gasteiger partial charge >= 0.3 is 6.09 Å². The first-order valence-corrected chi connectivity index (χ1v) is 8.65. The van der Waals surface area contributed by atoms with Crippen LogP contribution in [0.4, 0.5) is 4.79 Å². The molecule has 1 rings (SSSR count). The summed E-state index contributed by atoms with van der Waals surface area (Å²) < 4.78 is 17.1. The average molecular weight is 413 g/mol. The van der Waals surface area contributed by atoms with Gasteiger partial charge in [-0.25, -0.2) is 4.79 Å². The van der Waals surface area contributed by atoms with Crippen LogP contribution >= 0.6 is 22.6 Å². The number of nitrogens with zero attached hydrogens (tertiary/aromatic N) is 1. The summed E-state index contributed by atoms with van der Waals surface area (Å²) in [5, 5.41) is 0. The molecule has 0 radical (unpaired) electrons. The van der Waals surface area contributed by atoms with Crippen LogP contribution in [0.25, 0.3) is 0 Å². The van der Waals surface area contributed by atoms with E-state index in [4.69, 9.17) is 14.2 Å². The minimum absolute atomic E-state index is 0.0284. The molecule has 1 heterocycles. The molecule has 0 aromatic heterocycles. The Labute approximate surface area is 141 Å². The SMILES string of the molecule is COCC(OC1CN(C(=O)OC(C)(C)C)CC1I)C(C)C. The van der Waals surface area contributed by atoms with E-state index in [9.17, 15) is 4.79 Å². The lowest BCUT2D eigenvalue weighted by molar-refractivity contribution is -0.0628. The Morgan fingerprint density at radius 1 is 1.33 bits per heavy atom. The van der Waals surface area contributed by atoms with Crippen LogP contribution in [0.1, 0.15) is 34.6 Å². The first kappa shape index (κ1) is 19.0. The maximum absolute atomic E-state index is 12.1. The van der Waals surface area contributed by atoms with E-state index in [0.29, 0.717) is 25.6 Å². The van der Waals surface area contributed by atoms with E-state index in [2.05, 4.69) is 36.4 Å². The van der Waals surface area contributed by atoms with E-state index in [0.717, 1.165) is 0 Å². The van der Waals surface area contributed by atoms with Gasteiger partial charge in [-0.05, 0) is 26.7 Å². The van der Waals surface area contributed by atoms with E-state index < -0.39 is 5.60 Å². The van der Waals surface area contributed by atoms with Gasteiger partial charge in [0.1, 0.15) is 5.60 Å². The lowest BCUT2D eigenvalue weighted by atomic mass is 10.1. The van der Waals surface area contributed by atoms with Crippen LogP contribution in [-0.4, -0.2) is 59.5 Å². The maximum Gasteiger partial charge on any atom is 0.410 e. The summed E-state index contributed by atoms with van der Waals surface area (Å²) in [6.07, 6.45) is -0.181. The van der Waals surface area contributed by atoms with Crippen LogP contribution in [0.5, 0.6) is 0 Å². The van der Waals surface area contributed by atoms with Crippen LogP contribution in [0, 0.1) is 5.92 Å². The largest absolute Gasteiger partial charge is 0.444 e. The van der Waals surface area contributed by atoms with Gasteiger partial charge in [0.2, 0.25) is 0 Å². The van der Waals surface area contributed by atoms with Gasteiger partial charge in [-0.3, -0.25) is 0 Å². The molecule has 5 nitrogen and oxygen atoms in total. The van der Waals surface area contributed by atoms with E-state index in [-0.39, 0.29) is 22.2 Å². The molecule has 0 aliphatic carbocycles. The van der Waals surface area contributed by atoms with Gasteiger partial charge in [0.15, 0.2) is 0 Å². The van der Waals surface area contributed by atoms with E-state index in [1.54, 1.807) is 12.0 Å². The molecule has 6 heteroatoms. The van der Waals surface area contributed by atoms with Crippen molar-refractivity contribution in [1.82, 2.24) is 4.90 Å². The third kappa shape index (κ3) is 6.28.